The van der Waals surface area contributed by atoms with Crippen LogP contribution in [-0.2, 0) is 9.53 Å². The lowest BCUT2D eigenvalue weighted by molar-refractivity contribution is -0.132. The van der Waals surface area contributed by atoms with Crippen molar-refractivity contribution in [1.29, 1.82) is 0 Å². The molecule has 0 radical (unpaired) electrons. The van der Waals surface area contributed by atoms with Gasteiger partial charge in [-0.05, 0) is 12.1 Å². The topological polar surface area (TPSA) is 50.8 Å². The summed E-state index contributed by atoms with van der Waals surface area (Å²) in [5, 5.41) is 3.09. The van der Waals surface area contributed by atoms with E-state index in [0.717, 1.165) is 31.7 Å². The average Bonchev–Trinajstić information content (AvgIpc) is 2.53. The number of nitrogens with one attached hydrogen (secondary N) is 1. The first-order valence-electron chi connectivity index (χ1n) is 7.48. The Labute approximate surface area is 138 Å². The normalized spacial score (nSPS) is 15.2. The molecule has 1 amide bonds. The second-order valence-electron chi connectivity index (χ2n) is 5.18. The number of carbonyl (C=O) groups is 1. The molecule has 0 aromatic heterocycles. The largest absolute Gasteiger partial charge is 0.490 e. The van der Waals surface area contributed by atoms with Crippen LogP contribution < -0.4 is 10.1 Å². The Bertz CT molecular complexity index is 423. The van der Waals surface area contributed by atoms with Crippen molar-refractivity contribution in [2.45, 2.75) is 18.9 Å². The molecule has 2 rings (SSSR count). The minimum Gasteiger partial charge on any atom is -0.490 e. The number of carbonyl (C=O) groups excluding carboxylic acids is 1. The van der Waals surface area contributed by atoms with E-state index in [4.69, 9.17) is 9.47 Å². The molecule has 0 unspecified atom stereocenters. The van der Waals surface area contributed by atoms with Gasteiger partial charge in [-0.15, -0.1) is 12.4 Å². The zero-order chi connectivity index (χ0) is 14.9. The molecule has 1 heterocycles. The standard InChI is InChI=1S/C16H24N2O3.ClH/c1-20-12-9-17-13-16(19)18-10-7-15(8-11-18)21-14-5-3-2-4-6-14;/h2-6,15,17H,7-13H2,1H3;1H. The van der Waals surface area contributed by atoms with Crippen LogP contribution >= 0.6 is 12.4 Å². The summed E-state index contributed by atoms with van der Waals surface area (Å²) in [7, 11) is 1.65. The van der Waals surface area contributed by atoms with Crippen LogP contribution in [-0.4, -0.2) is 56.8 Å². The third-order valence-electron chi connectivity index (χ3n) is 3.60. The van der Waals surface area contributed by atoms with E-state index in [9.17, 15) is 4.79 Å². The third-order valence-corrected chi connectivity index (χ3v) is 3.60. The minimum absolute atomic E-state index is 0. The van der Waals surface area contributed by atoms with Crippen molar-refractivity contribution in [3.63, 3.8) is 0 Å². The van der Waals surface area contributed by atoms with Crippen LogP contribution in [0, 0.1) is 0 Å². The highest BCUT2D eigenvalue weighted by Gasteiger charge is 2.23. The summed E-state index contributed by atoms with van der Waals surface area (Å²) in [5.41, 5.74) is 0. The molecule has 1 saturated heterocycles. The highest BCUT2D eigenvalue weighted by molar-refractivity contribution is 5.85. The zero-order valence-electron chi connectivity index (χ0n) is 13.0. The van der Waals surface area contributed by atoms with Crippen molar-refractivity contribution in [1.82, 2.24) is 10.2 Å². The van der Waals surface area contributed by atoms with Crippen LogP contribution in [0.5, 0.6) is 5.75 Å². The van der Waals surface area contributed by atoms with Crippen molar-refractivity contribution in [3.8, 4) is 5.75 Å². The zero-order valence-corrected chi connectivity index (χ0v) is 13.8. The molecule has 0 saturated carbocycles. The number of para-hydroxylation sites is 1. The summed E-state index contributed by atoms with van der Waals surface area (Å²) < 4.78 is 10.9. The van der Waals surface area contributed by atoms with Gasteiger partial charge in [-0.2, -0.15) is 0 Å². The first kappa shape index (κ1) is 18.7. The van der Waals surface area contributed by atoms with Crippen LogP contribution in [0.1, 0.15) is 12.8 Å². The lowest BCUT2D eigenvalue weighted by Crippen LogP contribution is -2.45. The molecule has 0 atom stereocenters. The summed E-state index contributed by atoms with van der Waals surface area (Å²) in [6, 6.07) is 9.86. The maximum atomic E-state index is 12.0. The van der Waals surface area contributed by atoms with E-state index in [1.807, 2.05) is 35.2 Å². The van der Waals surface area contributed by atoms with Gasteiger partial charge in [0.15, 0.2) is 0 Å². The van der Waals surface area contributed by atoms with Gasteiger partial charge >= 0.3 is 0 Å². The van der Waals surface area contributed by atoms with E-state index < -0.39 is 0 Å². The molecule has 6 heteroatoms. The average molecular weight is 329 g/mol. The van der Waals surface area contributed by atoms with Crippen molar-refractivity contribution < 1.29 is 14.3 Å². The van der Waals surface area contributed by atoms with Crippen molar-refractivity contribution in [3.05, 3.63) is 30.3 Å². The molecule has 0 aliphatic carbocycles. The van der Waals surface area contributed by atoms with Gasteiger partial charge in [0.1, 0.15) is 11.9 Å². The number of likely N-dealkylation sites (tertiary alicyclic amines) is 1. The highest BCUT2D eigenvalue weighted by Crippen LogP contribution is 2.18. The fourth-order valence-corrected chi connectivity index (χ4v) is 2.40. The van der Waals surface area contributed by atoms with Gasteiger partial charge in [0.2, 0.25) is 5.91 Å². The molecule has 1 aliphatic heterocycles. The van der Waals surface area contributed by atoms with Crippen molar-refractivity contribution in [2.24, 2.45) is 0 Å². The fourth-order valence-electron chi connectivity index (χ4n) is 2.40. The van der Waals surface area contributed by atoms with Gasteiger partial charge in [0.25, 0.3) is 0 Å². The number of rotatable bonds is 7. The van der Waals surface area contributed by atoms with Gasteiger partial charge in [-0.25, -0.2) is 0 Å². The Morgan fingerprint density at radius 1 is 1.27 bits per heavy atom. The van der Waals surface area contributed by atoms with Gasteiger partial charge in [0.05, 0.1) is 13.2 Å². The van der Waals surface area contributed by atoms with Crippen molar-refractivity contribution in [2.75, 3.05) is 39.9 Å². The number of amides is 1. The number of hydrogen-bond acceptors (Lipinski definition) is 4. The summed E-state index contributed by atoms with van der Waals surface area (Å²) in [4.78, 5) is 13.9. The number of nitrogens with zero attached hydrogens (tertiary/aromatic N) is 1. The van der Waals surface area contributed by atoms with Gasteiger partial charge in [-0.1, -0.05) is 18.2 Å². The Morgan fingerprint density at radius 3 is 2.59 bits per heavy atom. The molecule has 5 nitrogen and oxygen atoms in total. The van der Waals surface area contributed by atoms with Crippen LogP contribution in [0.2, 0.25) is 0 Å². The van der Waals surface area contributed by atoms with E-state index in [-0.39, 0.29) is 24.4 Å². The quantitative estimate of drug-likeness (QED) is 0.774. The Hall–Kier alpha value is -1.30. The molecule has 0 spiro atoms. The van der Waals surface area contributed by atoms with E-state index in [1.165, 1.54) is 0 Å². The molecule has 1 aromatic rings. The number of methoxy groups -OCH3 is 1. The van der Waals surface area contributed by atoms with E-state index in [1.54, 1.807) is 7.11 Å². The Kier molecular flexibility index (Phi) is 8.89. The number of benzene rings is 1. The summed E-state index contributed by atoms with van der Waals surface area (Å²) in [6.07, 6.45) is 1.98. The van der Waals surface area contributed by atoms with Crippen LogP contribution in [0.4, 0.5) is 0 Å². The molecule has 1 fully saturated rings. The lowest BCUT2D eigenvalue weighted by Gasteiger charge is -2.32. The van der Waals surface area contributed by atoms with E-state index >= 15 is 0 Å². The number of hydrogen-bond donors (Lipinski definition) is 1. The maximum absolute atomic E-state index is 12.0. The maximum Gasteiger partial charge on any atom is 0.236 e. The smallest absolute Gasteiger partial charge is 0.236 e. The third kappa shape index (κ3) is 6.22. The van der Waals surface area contributed by atoms with E-state index in [0.29, 0.717) is 19.7 Å². The van der Waals surface area contributed by atoms with Crippen LogP contribution in [0.25, 0.3) is 0 Å². The summed E-state index contributed by atoms with van der Waals surface area (Å²) in [5.74, 6) is 1.06. The van der Waals surface area contributed by atoms with Crippen molar-refractivity contribution >= 4 is 18.3 Å². The van der Waals surface area contributed by atoms with Gasteiger partial charge in [-0.3, -0.25) is 4.79 Å². The minimum atomic E-state index is 0. The first-order valence-corrected chi connectivity index (χ1v) is 7.48. The molecule has 1 aromatic carbocycles. The molecular weight excluding hydrogens is 304 g/mol. The molecule has 1 N–H and O–H groups in total. The van der Waals surface area contributed by atoms with Crippen LogP contribution in [0.3, 0.4) is 0 Å². The second-order valence-corrected chi connectivity index (χ2v) is 5.18. The highest BCUT2D eigenvalue weighted by atomic mass is 35.5. The molecule has 1 aliphatic rings. The Morgan fingerprint density at radius 2 is 1.95 bits per heavy atom. The number of ether oxygens (including phenoxy) is 2. The predicted octanol–water partition coefficient (Wildman–Crippen LogP) is 1.71. The molecule has 0 bridgehead atoms. The summed E-state index contributed by atoms with van der Waals surface area (Å²) in [6.45, 7) is 3.24. The monoisotopic (exact) mass is 328 g/mol. The van der Waals surface area contributed by atoms with E-state index in [2.05, 4.69) is 5.32 Å². The van der Waals surface area contributed by atoms with Crippen LogP contribution in [0.15, 0.2) is 30.3 Å². The molecule has 22 heavy (non-hydrogen) atoms. The molecular formula is C16H25ClN2O3. The number of piperidine rings is 1. The SMILES string of the molecule is COCCNCC(=O)N1CCC(Oc2ccccc2)CC1.Cl. The molecule has 124 valence electrons. The van der Waals surface area contributed by atoms with Gasteiger partial charge in [0, 0.05) is 39.6 Å². The van der Waals surface area contributed by atoms with Gasteiger partial charge < -0.3 is 19.7 Å². The fraction of sp³-hybridized carbons (Fsp3) is 0.562. The second kappa shape index (κ2) is 10.4. The Balaban J connectivity index is 0.00000242. The first-order chi connectivity index (χ1) is 10.3. The summed E-state index contributed by atoms with van der Waals surface area (Å²) >= 11 is 0. The predicted molar refractivity (Wildman–Crippen MR) is 88.7 cm³/mol. The lowest BCUT2D eigenvalue weighted by atomic mass is 10.1. The number of halogens is 1.